The summed E-state index contributed by atoms with van der Waals surface area (Å²) in [5.41, 5.74) is 5.00. The van der Waals surface area contributed by atoms with Crippen LogP contribution >= 0.6 is 23.4 Å². The maximum absolute atomic E-state index is 12.8. The molecular formula is C29H32ClN5OS. The number of para-hydroxylation sites is 1. The van der Waals surface area contributed by atoms with Crippen molar-refractivity contribution in [2.45, 2.75) is 38.8 Å². The first-order chi connectivity index (χ1) is 17.9. The predicted molar refractivity (Wildman–Crippen MR) is 155 cm³/mol. The number of halogens is 1. The van der Waals surface area contributed by atoms with Crippen molar-refractivity contribution in [3.8, 4) is 17.1 Å². The van der Waals surface area contributed by atoms with E-state index in [0.29, 0.717) is 21.9 Å². The van der Waals surface area contributed by atoms with E-state index in [0.717, 1.165) is 35.7 Å². The molecular weight excluding hydrogens is 502 g/mol. The number of nitrogens with one attached hydrogen (secondary N) is 1. The molecule has 0 unspecified atom stereocenters. The van der Waals surface area contributed by atoms with E-state index in [9.17, 15) is 4.79 Å². The number of hydrogen-bond donors (Lipinski definition) is 1. The minimum Gasteiger partial charge on any atom is -0.372 e. The van der Waals surface area contributed by atoms with Crippen LogP contribution in [0.5, 0.6) is 0 Å². The Balaban J connectivity index is 1.57. The third kappa shape index (κ3) is 6.35. The second kappa shape index (κ2) is 12.3. The van der Waals surface area contributed by atoms with Crippen LogP contribution in [0.25, 0.3) is 17.1 Å². The van der Waals surface area contributed by atoms with E-state index in [1.807, 2.05) is 65.2 Å². The van der Waals surface area contributed by atoms with Crippen molar-refractivity contribution < 1.29 is 4.79 Å². The van der Waals surface area contributed by atoms with E-state index in [1.165, 1.54) is 17.3 Å². The smallest absolute Gasteiger partial charge is 0.234 e. The highest BCUT2D eigenvalue weighted by atomic mass is 35.5. The first-order valence-electron chi connectivity index (χ1n) is 12.5. The first kappa shape index (κ1) is 26.8. The van der Waals surface area contributed by atoms with E-state index < -0.39 is 0 Å². The molecule has 4 aromatic rings. The number of carbonyl (C=O) groups is 1. The number of rotatable bonds is 10. The summed E-state index contributed by atoms with van der Waals surface area (Å²) in [7, 11) is 0. The Hall–Kier alpha value is -3.29. The van der Waals surface area contributed by atoms with Crippen molar-refractivity contribution in [3.05, 3.63) is 83.4 Å². The number of anilines is 2. The second-order valence-electron chi connectivity index (χ2n) is 8.92. The molecule has 0 fully saturated rings. The van der Waals surface area contributed by atoms with Crippen LogP contribution in [-0.4, -0.2) is 39.5 Å². The number of hydrogen-bond acceptors (Lipinski definition) is 5. The van der Waals surface area contributed by atoms with Crippen molar-refractivity contribution in [3.63, 3.8) is 0 Å². The van der Waals surface area contributed by atoms with Crippen LogP contribution in [0, 0.1) is 0 Å². The van der Waals surface area contributed by atoms with Crippen LogP contribution in [0.2, 0.25) is 5.02 Å². The number of nitrogens with zero attached hydrogens (tertiary/aromatic N) is 4. The molecule has 192 valence electrons. The van der Waals surface area contributed by atoms with Gasteiger partial charge in [0.15, 0.2) is 11.0 Å². The SMILES string of the molecule is CCN(CC)c1ccc(NC(=O)CSc2nnc(-c3ccc(Cl)cc3)n2-c2ccccc2C(C)C)cc1. The molecule has 1 aromatic heterocycles. The van der Waals surface area contributed by atoms with Crippen molar-refractivity contribution in [2.75, 3.05) is 29.1 Å². The average molecular weight is 534 g/mol. The molecule has 0 radical (unpaired) electrons. The molecule has 4 rings (SSSR count). The van der Waals surface area contributed by atoms with Crippen LogP contribution < -0.4 is 10.2 Å². The zero-order chi connectivity index (χ0) is 26.4. The Bertz CT molecular complexity index is 1330. The molecule has 0 aliphatic heterocycles. The molecule has 0 aliphatic rings. The molecule has 0 atom stereocenters. The topological polar surface area (TPSA) is 63.1 Å². The molecule has 0 spiro atoms. The van der Waals surface area contributed by atoms with E-state index in [-0.39, 0.29) is 11.7 Å². The molecule has 0 aliphatic carbocycles. The van der Waals surface area contributed by atoms with Crippen molar-refractivity contribution in [2.24, 2.45) is 0 Å². The highest BCUT2D eigenvalue weighted by Crippen LogP contribution is 2.32. The third-order valence-corrected chi connectivity index (χ3v) is 7.33. The maximum atomic E-state index is 12.8. The Labute approximate surface area is 228 Å². The number of carbonyl (C=O) groups excluding carboxylic acids is 1. The lowest BCUT2D eigenvalue weighted by Gasteiger charge is -2.21. The lowest BCUT2D eigenvalue weighted by molar-refractivity contribution is -0.113. The van der Waals surface area contributed by atoms with E-state index >= 15 is 0 Å². The normalized spacial score (nSPS) is 11.1. The van der Waals surface area contributed by atoms with Gasteiger partial charge in [-0.15, -0.1) is 10.2 Å². The quantitative estimate of drug-likeness (QED) is 0.217. The summed E-state index contributed by atoms with van der Waals surface area (Å²) < 4.78 is 2.04. The Morgan fingerprint density at radius 3 is 2.30 bits per heavy atom. The number of benzene rings is 3. The van der Waals surface area contributed by atoms with Crippen LogP contribution in [0.3, 0.4) is 0 Å². The van der Waals surface area contributed by atoms with E-state index in [4.69, 9.17) is 11.6 Å². The lowest BCUT2D eigenvalue weighted by atomic mass is 10.0. The monoisotopic (exact) mass is 533 g/mol. The van der Waals surface area contributed by atoms with Gasteiger partial charge in [-0.1, -0.05) is 55.4 Å². The summed E-state index contributed by atoms with van der Waals surface area (Å²) in [4.78, 5) is 15.1. The van der Waals surface area contributed by atoms with Crippen molar-refractivity contribution in [1.82, 2.24) is 14.8 Å². The molecule has 0 bridgehead atoms. The summed E-state index contributed by atoms with van der Waals surface area (Å²) in [6.45, 7) is 10.5. The van der Waals surface area contributed by atoms with Crippen LogP contribution in [0.1, 0.15) is 39.2 Å². The van der Waals surface area contributed by atoms with Crippen molar-refractivity contribution in [1.29, 1.82) is 0 Å². The Kier molecular flexibility index (Phi) is 8.90. The fourth-order valence-electron chi connectivity index (χ4n) is 4.22. The van der Waals surface area contributed by atoms with Crippen LogP contribution in [0.15, 0.2) is 78.0 Å². The van der Waals surface area contributed by atoms with Gasteiger partial charge in [0.1, 0.15) is 0 Å². The van der Waals surface area contributed by atoms with Gasteiger partial charge in [0.05, 0.1) is 11.4 Å². The van der Waals surface area contributed by atoms with Gasteiger partial charge in [0.2, 0.25) is 5.91 Å². The fraction of sp³-hybridized carbons (Fsp3) is 0.276. The summed E-state index contributed by atoms with van der Waals surface area (Å²) in [6, 6.07) is 23.7. The zero-order valence-electron chi connectivity index (χ0n) is 21.6. The second-order valence-corrected chi connectivity index (χ2v) is 10.3. The number of thioether (sulfide) groups is 1. The molecule has 37 heavy (non-hydrogen) atoms. The first-order valence-corrected chi connectivity index (χ1v) is 13.9. The van der Waals surface area contributed by atoms with Gasteiger partial charge in [0, 0.05) is 35.1 Å². The Morgan fingerprint density at radius 2 is 1.65 bits per heavy atom. The van der Waals surface area contributed by atoms with Crippen molar-refractivity contribution >= 4 is 40.6 Å². The van der Waals surface area contributed by atoms with E-state index in [1.54, 1.807) is 0 Å². The zero-order valence-corrected chi connectivity index (χ0v) is 23.2. The number of amides is 1. The molecule has 0 saturated heterocycles. The lowest BCUT2D eigenvalue weighted by Crippen LogP contribution is -2.21. The van der Waals surface area contributed by atoms with Gasteiger partial charge in [0.25, 0.3) is 0 Å². The molecule has 0 saturated carbocycles. The molecule has 1 N–H and O–H groups in total. The minimum atomic E-state index is -0.0969. The van der Waals surface area contributed by atoms with Crippen LogP contribution in [0.4, 0.5) is 11.4 Å². The van der Waals surface area contributed by atoms with Gasteiger partial charge in [-0.2, -0.15) is 0 Å². The fourth-order valence-corrected chi connectivity index (χ4v) is 5.09. The van der Waals surface area contributed by atoms with Gasteiger partial charge >= 0.3 is 0 Å². The summed E-state index contributed by atoms with van der Waals surface area (Å²) >= 11 is 7.49. The van der Waals surface area contributed by atoms with Gasteiger partial charge in [-0.05, 0) is 79.9 Å². The molecule has 1 heterocycles. The predicted octanol–water partition coefficient (Wildman–Crippen LogP) is 7.29. The largest absolute Gasteiger partial charge is 0.372 e. The maximum Gasteiger partial charge on any atom is 0.234 e. The summed E-state index contributed by atoms with van der Waals surface area (Å²) in [6.07, 6.45) is 0. The summed E-state index contributed by atoms with van der Waals surface area (Å²) in [5.74, 6) is 1.12. The third-order valence-electron chi connectivity index (χ3n) is 6.15. The molecule has 1 amide bonds. The highest BCUT2D eigenvalue weighted by Gasteiger charge is 2.20. The Morgan fingerprint density at radius 1 is 0.973 bits per heavy atom. The molecule has 3 aromatic carbocycles. The summed E-state index contributed by atoms with van der Waals surface area (Å²) in [5, 5.41) is 13.3. The van der Waals surface area contributed by atoms with Gasteiger partial charge < -0.3 is 10.2 Å². The van der Waals surface area contributed by atoms with E-state index in [2.05, 4.69) is 60.2 Å². The van der Waals surface area contributed by atoms with Gasteiger partial charge in [-0.25, -0.2) is 0 Å². The average Bonchev–Trinajstić information content (AvgIpc) is 3.33. The molecule has 8 heteroatoms. The molecule has 6 nitrogen and oxygen atoms in total. The number of aromatic nitrogens is 3. The highest BCUT2D eigenvalue weighted by molar-refractivity contribution is 7.99. The minimum absolute atomic E-state index is 0.0969. The van der Waals surface area contributed by atoms with Gasteiger partial charge in [-0.3, -0.25) is 9.36 Å². The van der Waals surface area contributed by atoms with Crippen LogP contribution in [-0.2, 0) is 4.79 Å². The standard InChI is InChI=1S/C29H32ClN5OS/c1-5-34(6-2)24-17-15-23(16-18-24)31-27(36)19-37-29-33-32-28(21-11-13-22(30)14-12-21)35(29)26-10-8-7-9-25(26)20(3)4/h7-18,20H,5-6,19H2,1-4H3,(H,31,36).